The number of amides is 1. The van der Waals surface area contributed by atoms with Crippen LogP contribution >= 0.6 is 23.4 Å². The first-order valence-electron chi connectivity index (χ1n) is 9.36. The first-order valence-corrected chi connectivity index (χ1v) is 10.6. The van der Waals surface area contributed by atoms with Crippen molar-refractivity contribution < 1.29 is 4.79 Å². The van der Waals surface area contributed by atoms with Gasteiger partial charge in [-0.3, -0.25) is 9.36 Å². The van der Waals surface area contributed by atoms with Crippen molar-refractivity contribution in [3.63, 3.8) is 0 Å². The van der Waals surface area contributed by atoms with Gasteiger partial charge in [-0.05, 0) is 23.3 Å². The molecule has 1 amide bonds. The Kier molecular flexibility index (Phi) is 6.16. The Morgan fingerprint density at radius 2 is 1.57 bits per heavy atom. The SMILES string of the molecule is NC(=O)C(Sc1nnc(-c2ccccc2Cl)n1Cc1ccccc1)c1ccccc1. The van der Waals surface area contributed by atoms with Crippen LogP contribution in [0.5, 0.6) is 0 Å². The van der Waals surface area contributed by atoms with Crippen LogP contribution < -0.4 is 5.73 Å². The van der Waals surface area contributed by atoms with Crippen LogP contribution in [0.25, 0.3) is 11.4 Å². The highest BCUT2D eigenvalue weighted by atomic mass is 35.5. The molecule has 1 unspecified atom stereocenters. The number of hydrogen-bond donors (Lipinski definition) is 1. The molecule has 1 aromatic heterocycles. The maximum atomic E-state index is 12.2. The minimum Gasteiger partial charge on any atom is -0.368 e. The molecule has 4 aromatic rings. The molecule has 1 heterocycles. The molecule has 4 rings (SSSR count). The van der Waals surface area contributed by atoms with E-state index in [0.717, 1.165) is 16.7 Å². The van der Waals surface area contributed by atoms with Crippen molar-refractivity contribution in [2.45, 2.75) is 17.0 Å². The van der Waals surface area contributed by atoms with Gasteiger partial charge >= 0.3 is 0 Å². The van der Waals surface area contributed by atoms with Gasteiger partial charge in [-0.2, -0.15) is 0 Å². The van der Waals surface area contributed by atoms with E-state index >= 15 is 0 Å². The van der Waals surface area contributed by atoms with Gasteiger partial charge in [0, 0.05) is 5.56 Å². The molecule has 0 radical (unpaired) electrons. The monoisotopic (exact) mass is 434 g/mol. The van der Waals surface area contributed by atoms with Crippen LogP contribution in [0.15, 0.2) is 90.1 Å². The Labute approximate surface area is 183 Å². The Morgan fingerprint density at radius 3 is 2.23 bits per heavy atom. The summed E-state index contributed by atoms with van der Waals surface area (Å²) >= 11 is 7.72. The minimum atomic E-state index is -0.580. The van der Waals surface area contributed by atoms with Gasteiger partial charge in [0.05, 0.1) is 11.6 Å². The summed E-state index contributed by atoms with van der Waals surface area (Å²) in [4.78, 5) is 12.2. The van der Waals surface area contributed by atoms with Crippen LogP contribution in [0, 0.1) is 0 Å². The lowest BCUT2D eigenvalue weighted by Gasteiger charge is -2.15. The molecular weight excluding hydrogens is 416 g/mol. The van der Waals surface area contributed by atoms with Crippen molar-refractivity contribution in [2.75, 3.05) is 0 Å². The summed E-state index contributed by atoms with van der Waals surface area (Å²) in [5.41, 5.74) is 8.41. The molecule has 3 aromatic carbocycles. The smallest absolute Gasteiger partial charge is 0.235 e. The lowest BCUT2D eigenvalue weighted by molar-refractivity contribution is -0.117. The summed E-state index contributed by atoms with van der Waals surface area (Å²) in [6.45, 7) is 0.539. The molecule has 5 nitrogen and oxygen atoms in total. The summed E-state index contributed by atoms with van der Waals surface area (Å²) in [5.74, 6) is 0.211. The van der Waals surface area contributed by atoms with Crippen LogP contribution in [-0.2, 0) is 11.3 Å². The average Bonchev–Trinajstić information content (AvgIpc) is 3.15. The minimum absolute atomic E-state index is 0.431. The van der Waals surface area contributed by atoms with Crippen LogP contribution in [0.4, 0.5) is 0 Å². The van der Waals surface area contributed by atoms with E-state index in [9.17, 15) is 4.79 Å². The summed E-state index contributed by atoms with van der Waals surface area (Å²) in [6.07, 6.45) is 0. The highest BCUT2D eigenvalue weighted by Gasteiger charge is 2.24. The Bertz CT molecular complexity index is 1150. The number of hydrogen-bond acceptors (Lipinski definition) is 4. The molecule has 0 saturated carbocycles. The van der Waals surface area contributed by atoms with E-state index in [1.54, 1.807) is 0 Å². The molecule has 30 heavy (non-hydrogen) atoms. The molecule has 7 heteroatoms. The fourth-order valence-corrected chi connectivity index (χ4v) is 4.36. The molecule has 0 saturated heterocycles. The summed E-state index contributed by atoms with van der Waals surface area (Å²) in [5, 5.41) is 9.40. The largest absolute Gasteiger partial charge is 0.368 e. The summed E-state index contributed by atoms with van der Waals surface area (Å²) in [6, 6.07) is 27.0. The highest BCUT2D eigenvalue weighted by Crippen LogP contribution is 2.37. The van der Waals surface area contributed by atoms with Gasteiger partial charge < -0.3 is 5.73 Å². The molecule has 0 aliphatic rings. The van der Waals surface area contributed by atoms with E-state index in [0.29, 0.717) is 22.5 Å². The zero-order valence-corrected chi connectivity index (χ0v) is 17.6. The van der Waals surface area contributed by atoms with Crippen molar-refractivity contribution in [1.29, 1.82) is 0 Å². The van der Waals surface area contributed by atoms with Crippen LogP contribution in [0.2, 0.25) is 5.02 Å². The van der Waals surface area contributed by atoms with Gasteiger partial charge in [0.15, 0.2) is 11.0 Å². The lowest BCUT2D eigenvalue weighted by Crippen LogP contribution is -2.19. The number of halogens is 1. The van der Waals surface area contributed by atoms with E-state index in [2.05, 4.69) is 10.2 Å². The second-order valence-electron chi connectivity index (χ2n) is 6.67. The fraction of sp³-hybridized carbons (Fsp3) is 0.0870. The molecule has 1 atom stereocenters. The van der Waals surface area contributed by atoms with Gasteiger partial charge in [-0.1, -0.05) is 96.2 Å². The maximum absolute atomic E-state index is 12.2. The number of nitrogens with two attached hydrogens (primary N) is 1. The third-order valence-electron chi connectivity index (χ3n) is 4.60. The molecular formula is C23H19ClN4OS. The van der Waals surface area contributed by atoms with Crippen LogP contribution in [0.1, 0.15) is 16.4 Å². The highest BCUT2D eigenvalue weighted by molar-refractivity contribution is 8.00. The van der Waals surface area contributed by atoms with Crippen molar-refractivity contribution in [3.05, 3.63) is 101 Å². The molecule has 2 N–H and O–H groups in total. The number of primary amides is 1. The zero-order valence-electron chi connectivity index (χ0n) is 16.0. The van der Waals surface area contributed by atoms with Crippen LogP contribution in [-0.4, -0.2) is 20.7 Å². The number of nitrogens with zero attached hydrogens (tertiary/aromatic N) is 3. The van der Waals surface area contributed by atoms with Gasteiger partial charge in [0.25, 0.3) is 0 Å². The number of carbonyl (C=O) groups excluding carboxylic acids is 1. The number of rotatable bonds is 7. The third-order valence-corrected chi connectivity index (χ3v) is 6.18. The molecule has 0 spiro atoms. The van der Waals surface area contributed by atoms with Gasteiger partial charge in [-0.25, -0.2) is 0 Å². The molecule has 0 fully saturated rings. The fourth-order valence-electron chi connectivity index (χ4n) is 3.15. The van der Waals surface area contributed by atoms with E-state index in [1.165, 1.54) is 11.8 Å². The Hall–Kier alpha value is -3.09. The summed E-state index contributed by atoms with van der Waals surface area (Å²) in [7, 11) is 0. The maximum Gasteiger partial charge on any atom is 0.235 e. The van der Waals surface area contributed by atoms with E-state index in [4.69, 9.17) is 17.3 Å². The second-order valence-corrected chi connectivity index (χ2v) is 8.15. The molecule has 0 bridgehead atoms. The van der Waals surface area contributed by atoms with E-state index in [1.807, 2.05) is 89.5 Å². The molecule has 0 aliphatic heterocycles. The van der Waals surface area contributed by atoms with Gasteiger partial charge in [0.2, 0.25) is 5.91 Å². The van der Waals surface area contributed by atoms with Gasteiger partial charge in [-0.15, -0.1) is 10.2 Å². The normalized spacial score (nSPS) is 11.9. The number of thioether (sulfide) groups is 1. The number of benzene rings is 3. The zero-order chi connectivity index (χ0) is 20.9. The van der Waals surface area contributed by atoms with Crippen LogP contribution in [0.3, 0.4) is 0 Å². The van der Waals surface area contributed by atoms with E-state index < -0.39 is 11.2 Å². The van der Waals surface area contributed by atoms with Crippen molar-refractivity contribution in [3.8, 4) is 11.4 Å². The quantitative estimate of drug-likeness (QED) is 0.417. The first kappa shape index (κ1) is 20.2. The standard InChI is InChI=1S/C23H19ClN4OS/c24-19-14-8-7-13-18(19)22-26-27-23(28(22)15-16-9-3-1-4-10-16)30-20(21(25)29)17-11-5-2-6-12-17/h1-14,20H,15H2,(H2,25,29). The molecule has 0 aliphatic carbocycles. The molecule has 150 valence electrons. The van der Waals surface area contributed by atoms with Crippen molar-refractivity contribution in [2.24, 2.45) is 5.73 Å². The summed E-state index contributed by atoms with van der Waals surface area (Å²) < 4.78 is 1.97. The number of aromatic nitrogens is 3. The number of carbonyl (C=O) groups is 1. The van der Waals surface area contributed by atoms with Crippen molar-refractivity contribution >= 4 is 29.3 Å². The third kappa shape index (κ3) is 4.40. The van der Waals surface area contributed by atoms with Gasteiger partial charge in [0.1, 0.15) is 5.25 Å². The van der Waals surface area contributed by atoms with E-state index in [-0.39, 0.29) is 0 Å². The first-order chi connectivity index (χ1) is 14.6. The Balaban J connectivity index is 1.77. The average molecular weight is 435 g/mol. The Morgan fingerprint density at radius 1 is 0.933 bits per heavy atom. The predicted molar refractivity (Wildman–Crippen MR) is 120 cm³/mol. The topological polar surface area (TPSA) is 73.8 Å². The second kappa shape index (κ2) is 9.15. The van der Waals surface area contributed by atoms with Crippen molar-refractivity contribution in [1.82, 2.24) is 14.8 Å². The lowest BCUT2D eigenvalue weighted by atomic mass is 10.1. The predicted octanol–water partition coefficient (Wildman–Crippen LogP) is 4.97.